The summed E-state index contributed by atoms with van der Waals surface area (Å²) in [5, 5.41) is 3.03. The molecule has 0 atom stereocenters. The highest BCUT2D eigenvalue weighted by Crippen LogP contribution is 2.33. The predicted molar refractivity (Wildman–Crippen MR) is 62.1 cm³/mol. The molecule has 2 rings (SSSR count). The van der Waals surface area contributed by atoms with Crippen LogP contribution in [0.2, 0.25) is 0 Å². The lowest BCUT2D eigenvalue weighted by Crippen LogP contribution is -2.44. The molecule has 1 aromatic rings. The average molecular weight is 277 g/mol. The van der Waals surface area contributed by atoms with Gasteiger partial charge in [-0.1, -0.05) is 6.07 Å². The van der Waals surface area contributed by atoms with E-state index in [0.717, 1.165) is 18.9 Å². The SMILES string of the molecule is COC1CC(NCc2ccc(F)cc2C(F)(F)F)C1. The van der Waals surface area contributed by atoms with E-state index in [1.165, 1.54) is 6.07 Å². The van der Waals surface area contributed by atoms with Crippen molar-refractivity contribution in [3.63, 3.8) is 0 Å². The van der Waals surface area contributed by atoms with Crippen LogP contribution in [0.3, 0.4) is 0 Å². The molecule has 1 aliphatic rings. The summed E-state index contributed by atoms with van der Waals surface area (Å²) in [6.07, 6.45) is -2.76. The van der Waals surface area contributed by atoms with Gasteiger partial charge in [0.15, 0.2) is 0 Å². The molecule has 0 heterocycles. The molecule has 0 aliphatic heterocycles. The molecule has 0 unspecified atom stereocenters. The molecule has 6 heteroatoms. The number of ether oxygens (including phenoxy) is 1. The number of hydrogen-bond donors (Lipinski definition) is 1. The Hall–Kier alpha value is -1.14. The average Bonchev–Trinajstić information content (AvgIpc) is 2.27. The van der Waals surface area contributed by atoms with E-state index in [9.17, 15) is 17.6 Å². The van der Waals surface area contributed by atoms with E-state index in [-0.39, 0.29) is 24.3 Å². The maximum absolute atomic E-state index is 12.9. The number of rotatable bonds is 4. The molecule has 19 heavy (non-hydrogen) atoms. The molecule has 0 saturated heterocycles. The Labute approximate surface area is 108 Å². The van der Waals surface area contributed by atoms with E-state index in [1.807, 2.05) is 0 Å². The second kappa shape index (κ2) is 5.46. The second-order valence-electron chi connectivity index (χ2n) is 4.71. The standard InChI is InChI=1S/C13H15F4NO/c1-19-11-5-10(6-11)18-7-8-2-3-9(14)4-12(8)13(15,16)17/h2-4,10-11,18H,5-7H2,1H3. The number of benzene rings is 1. The van der Waals surface area contributed by atoms with Gasteiger partial charge in [0.25, 0.3) is 0 Å². The number of halogens is 4. The lowest BCUT2D eigenvalue weighted by atomic mass is 9.89. The predicted octanol–water partition coefficient (Wildman–Crippen LogP) is 3.11. The van der Waals surface area contributed by atoms with Crippen LogP contribution < -0.4 is 5.32 Å². The summed E-state index contributed by atoms with van der Waals surface area (Å²) in [7, 11) is 1.61. The van der Waals surface area contributed by atoms with Gasteiger partial charge in [-0.15, -0.1) is 0 Å². The van der Waals surface area contributed by atoms with Crippen LogP contribution in [0.15, 0.2) is 18.2 Å². The molecule has 1 saturated carbocycles. The lowest BCUT2D eigenvalue weighted by Gasteiger charge is -2.35. The van der Waals surface area contributed by atoms with E-state index in [0.29, 0.717) is 6.07 Å². The van der Waals surface area contributed by atoms with E-state index >= 15 is 0 Å². The van der Waals surface area contributed by atoms with Gasteiger partial charge in [0.1, 0.15) is 5.82 Å². The van der Waals surface area contributed by atoms with Gasteiger partial charge in [0, 0.05) is 19.7 Å². The van der Waals surface area contributed by atoms with Gasteiger partial charge in [-0.05, 0) is 30.5 Å². The normalized spacial score (nSPS) is 23.2. The minimum Gasteiger partial charge on any atom is -0.381 e. The third kappa shape index (κ3) is 3.45. The van der Waals surface area contributed by atoms with Crippen LogP contribution in [0.5, 0.6) is 0 Å². The highest BCUT2D eigenvalue weighted by Gasteiger charge is 2.34. The minimum absolute atomic E-state index is 0.0646. The monoisotopic (exact) mass is 277 g/mol. The lowest BCUT2D eigenvalue weighted by molar-refractivity contribution is -0.138. The van der Waals surface area contributed by atoms with Crippen LogP contribution in [-0.4, -0.2) is 19.3 Å². The molecular formula is C13H15F4NO. The maximum atomic E-state index is 12.9. The summed E-state index contributed by atoms with van der Waals surface area (Å²) in [4.78, 5) is 0. The van der Waals surface area contributed by atoms with Gasteiger partial charge < -0.3 is 10.1 Å². The molecule has 0 bridgehead atoms. The topological polar surface area (TPSA) is 21.3 Å². The number of nitrogens with one attached hydrogen (secondary N) is 1. The molecule has 0 amide bonds. The first kappa shape index (κ1) is 14.3. The van der Waals surface area contributed by atoms with Gasteiger partial charge in [-0.25, -0.2) is 4.39 Å². The van der Waals surface area contributed by atoms with Crippen molar-refractivity contribution >= 4 is 0 Å². The number of methoxy groups -OCH3 is 1. The Morgan fingerprint density at radius 3 is 2.58 bits per heavy atom. The largest absolute Gasteiger partial charge is 0.416 e. The molecule has 106 valence electrons. The summed E-state index contributed by atoms with van der Waals surface area (Å²) >= 11 is 0. The third-order valence-corrected chi connectivity index (χ3v) is 3.39. The quantitative estimate of drug-likeness (QED) is 0.854. The number of alkyl halides is 3. The minimum atomic E-state index is -4.53. The zero-order valence-electron chi connectivity index (χ0n) is 10.4. The van der Waals surface area contributed by atoms with Crippen molar-refractivity contribution in [1.29, 1.82) is 0 Å². The summed E-state index contributed by atoms with van der Waals surface area (Å²) in [5.74, 6) is -0.876. The third-order valence-electron chi connectivity index (χ3n) is 3.39. The molecule has 1 fully saturated rings. The fourth-order valence-electron chi connectivity index (χ4n) is 2.15. The van der Waals surface area contributed by atoms with E-state index in [1.54, 1.807) is 7.11 Å². The van der Waals surface area contributed by atoms with Crippen LogP contribution in [0.4, 0.5) is 17.6 Å². The molecular weight excluding hydrogens is 262 g/mol. The van der Waals surface area contributed by atoms with E-state index in [2.05, 4.69) is 5.32 Å². The molecule has 0 aromatic heterocycles. The first-order valence-corrected chi connectivity index (χ1v) is 6.02. The van der Waals surface area contributed by atoms with Crippen LogP contribution in [0.25, 0.3) is 0 Å². The van der Waals surface area contributed by atoms with Crippen molar-refractivity contribution in [1.82, 2.24) is 5.32 Å². The zero-order valence-corrected chi connectivity index (χ0v) is 10.4. The van der Waals surface area contributed by atoms with Crippen LogP contribution in [0, 0.1) is 5.82 Å². The first-order valence-electron chi connectivity index (χ1n) is 6.02. The fraction of sp³-hybridized carbons (Fsp3) is 0.538. The van der Waals surface area contributed by atoms with Crippen molar-refractivity contribution in [2.75, 3.05) is 7.11 Å². The molecule has 1 aromatic carbocycles. The van der Waals surface area contributed by atoms with E-state index < -0.39 is 17.6 Å². The van der Waals surface area contributed by atoms with Crippen LogP contribution in [0.1, 0.15) is 24.0 Å². The highest BCUT2D eigenvalue weighted by atomic mass is 19.4. The van der Waals surface area contributed by atoms with Gasteiger partial charge in [0.2, 0.25) is 0 Å². The number of hydrogen-bond acceptors (Lipinski definition) is 2. The smallest absolute Gasteiger partial charge is 0.381 e. The summed E-state index contributed by atoms with van der Waals surface area (Å²) in [6, 6.07) is 2.93. The summed E-state index contributed by atoms with van der Waals surface area (Å²) < 4.78 is 56.3. The molecule has 1 aliphatic carbocycles. The molecule has 0 spiro atoms. The summed E-state index contributed by atoms with van der Waals surface area (Å²) in [6.45, 7) is 0.0796. The second-order valence-corrected chi connectivity index (χ2v) is 4.71. The molecule has 1 N–H and O–H groups in total. The zero-order chi connectivity index (χ0) is 14.0. The van der Waals surface area contributed by atoms with Gasteiger partial charge in [0.05, 0.1) is 11.7 Å². The van der Waals surface area contributed by atoms with Crippen molar-refractivity contribution in [2.45, 2.75) is 37.7 Å². The first-order chi connectivity index (χ1) is 8.90. The Kier molecular flexibility index (Phi) is 4.10. The van der Waals surface area contributed by atoms with Gasteiger partial charge in [-0.2, -0.15) is 13.2 Å². The Morgan fingerprint density at radius 2 is 2.00 bits per heavy atom. The Morgan fingerprint density at radius 1 is 1.32 bits per heavy atom. The summed E-state index contributed by atoms with van der Waals surface area (Å²) in [5.41, 5.74) is -0.850. The highest BCUT2D eigenvalue weighted by molar-refractivity contribution is 5.30. The van der Waals surface area contributed by atoms with E-state index in [4.69, 9.17) is 4.74 Å². The molecule has 2 nitrogen and oxygen atoms in total. The van der Waals surface area contributed by atoms with Crippen molar-refractivity contribution in [3.05, 3.63) is 35.1 Å². The molecule has 0 radical (unpaired) electrons. The van der Waals surface area contributed by atoms with Crippen molar-refractivity contribution in [3.8, 4) is 0 Å². The van der Waals surface area contributed by atoms with Crippen molar-refractivity contribution in [2.24, 2.45) is 0 Å². The Bertz CT molecular complexity index is 441. The fourth-order valence-corrected chi connectivity index (χ4v) is 2.15. The van der Waals surface area contributed by atoms with Crippen LogP contribution in [-0.2, 0) is 17.5 Å². The van der Waals surface area contributed by atoms with Gasteiger partial charge in [-0.3, -0.25) is 0 Å². The maximum Gasteiger partial charge on any atom is 0.416 e. The van der Waals surface area contributed by atoms with Gasteiger partial charge >= 0.3 is 6.18 Å². The van der Waals surface area contributed by atoms with Crippen molar-refractivity contribution < 1.29 is 22.3 Å². The van der Waals surface area contributed by atoms with Crippen LogP contribution >= 0.6 is 0 Å². The Balaban J connectivity index is 2.00.